The quantitative estimate of drug-likeness (QED) is 0.318. The molecule has 8 nitrogen and oxygen atoms in total. The number of amides is 2. The number of nitrogens with one attached hydrogen (secondary N) is 2. The highest BCUT2D eigenvalue weighted by Crippen LogP contribution is 2.44. The number of aliphatic carboxylic acids is 1. The molecule has 0 saturated carbocycles. The predicted molar refractivity (Wildman–Crippen MR) is 132 cm³/mol. The van der Waals surface area contributed by atoms with E-state index >= 15 is 0 Å². The SMILES string of the molecule is CC(C)C(=O)NCCOc1ccc(/C(C(N)=O)=C2/CC(C(=O)O)Nc3cc(Cl)cc(Cl)c32)cc1. The van der Waals surface area contributed by atoms with Crippen molar-refractivity contribution in [1.82, 2.24) is 5.32 Å². The van der Waals surface area contributed by atoms with Crippen LogP contribution in [-0.4, -0.2) is 42.1 Å². The van der Waals surface area contributed by atoms with E-state index in [2.05, 4.69) is 10.6 Å². The molecule has 180 valence electrons. The van der Waals surface area contributed by atoms with Crippen LogP contribution in [0.15, 0.2) is 36.4 Å². The van der Waals surface area contributed by atoms with Crippen LogP contribution in [-0.2, 0) is 14.4 Å². The Labute approximate surface area is 207 Å². The third kappa shape index (κ3) is 5.81. The van der Waals surface area contributed by atoms with Crippen LogP contribution in [0.4, 0.5) is 5.69 Å². The lowest BCUT2D eigenvalue weighted by atomic mass is 9.86. The average Bonchev–Trinajstić information content (AvgIpc) is 2.76. The van der Waals surface area contributed by atoms with Crippen LogP contribution in [0.25, 0.3) is 11.1 Å². The molecule has 2 amide bonds. The maximum absolute atomic E-state index is 12.5. The van der Waals surface area contributed by atoms with E-state index in [0.717, 1.165) is 0 Å². The molecule has 10 heteroatoms. The zero-order valence-corrected chi connectivity index (χ0v) is 20.2. The van der Waals surface area contributed by atoms with Gasteiger partial charge in [-0.25, -0.2) is 4.79 Å². The van der Waals surface area contributed by atoms with Crippen molar-refractivity contribution in [2.75, 3.05) is 18.5 Å². The van der Waals surface area contributed by atoms with Gasteiger partial charge in [-0.1, -0.05) is 49.2 Å². The van der Waals surface area contributed by atoms with Crippen LogP contribution in [0.3, 0.4) is 0 Å². The highest BCUT2D eigenvalue weighted by atomic mass is 35.5. The van der Waals surface area contributed by atoms with Gasteiger partial charge in [0, 0.05) is 28.6 Å². The summed E-state index contributed by atoms with van der Waals surface area (Å²) < 4.78 is 5.64. The zero-order chi connectivity index (χ0) is 25.0. The minimum Gasteiger partial charge on any atom is -0.492 e. The van der Waals surface area contributed by atoms with Gasteiger partial charge in [0.2, 0.25) is 11.8 Å². The topological polar surface area (TPSA) is 131 Å². The summed E-state index contributed by atoms with van der Waals surface area (Å²) in [5.74, 6) is -1.43. The summed E-state index contributed by atoms with van der Waals surface area (Å²) in [6.45, 7) is 4.25. The summed E-state index contributed by atoms with van der Waals surface area (Å²) in [6, 6.07) is 8.76. The molecular formula is C24H25Cl2N3O5. The molecule has 2 aromatic rings. The molecule has 1 aliphatic heterocycles. The Hall–Kier alpha value is -3.23. The van der Waals surface area contributed by atoms with Gasteiger partial charge in [-0.3, -0.25) is 9.59 Å². The maximum atomic E-state index is 12.5. The second kappa shape index (κ2) is 10.8. The molecule has 5 N–H and O–H groups in total. The van der Waals surface area contributed by atoms with Crippen molar-refractivity contribution in [2.45, 2.75) is 26.3 Å². The Morgan fingerprint density at radius 2 is 1.88 bits per heavy atom. The minimum atomic E-state index is -1.09. The predicted octanol–water partition coefficient (Wildman–Crippen LogP) is 3.81. The van der Waals surface area contributed by atoms with Crippen molar-refractivity contribution >= 4 is 57.8 Å². The first-order valence-corrected chi connectivity index (χ1v) is 11.4. The number of carbonyl (C=O) groups is 3. The summed E-state index contributed by atoms with van der Waals surface area (Å²) in [5, 5.41) is 15.9. The van der Waals surface area contributed by atoms with Gasteiger partial charge in [0.05, 0.1) is 17.1 Å². The largest absolute Gasteiger partial charge is 0.492 e. The van der Waals surface area contributed by atoms with E-state index in [4.69, 9.17) is 33.7 Å². The molecule has 2 aromatic carbocycles. The number of hydrogen-bond acceptors (Lipinski definition) is 5. The van der Waals surface area contributed by atoms with Crippen molar-refractivity contribution < 1.29 is 24.2 Å². The van der Waals surface area contributed by atoms with Crippen LogP contribution in [0.2, 0.25) is 10.0 Å². The fraction of sp³-hybridized carbons (Fsp3) is 0.292. The number of ether oxygens (including phenoxy) is 1. The molecule has 0 spiro atoms. The monoisotopic (exact) mass is 505 g/mol. The molecule has 1 aliphatic rings. The van der Waals surface area contributed by atoms with Crippen molar-refractivity contribution in [1.29, 1.82) is 0 Å². The number of anilines is 1. The first kappa shape index (κ1) is 25.4. The van der Waals surface area contributed by atoms with Crippen LogP contribution in [0.1, 0.15) is 31.4 Å². The second-order valence-corrected chi connectivity index (χ2v) is 8.93. The van der Waals surface area contributed by atoms with Crippen molar-refractivity contribution in [3.05, 3.63) is 57.6 Å². The Morgan fingerprint density at radius 3 is 2.47 bits per heavy atom. The first-order valence-electron chi connectivity index (χ1n) is 10.6. The lowest BCUT2D eigenvalue weighted by Gasteiger charge is -2.29. The third-order valence-corrected chi connectivity index (χ3v) is 5.79. The van der Waals surface area contributed by atoms with Gasteiger partial charge in [-0.05, 0) is 35.4 Å². The molecule has 1 heterocycles. The molecule has 0 radical (unpaired) electrons. The van der Waals surface area contributed by atoms with Gasteiger partial charge in [0.1, 0.15) is 18.4 Å². The van der Waals surface area contributed by atoms with Crippen LogP contribution in [0, 0.1) is 5.92 Å². The number of rotatable bonds is 8. The van der Waals surface area contributed by atoms with Gasteiger partial charge < -0.3 is 26.2 Å². The number of benzene rings is 2. The third-order valence-electron chi connectivity index (χ3n) is 5.28. The summed E-state index contributed by atoms with van der Waals surface area (Å²) in [4.78, 5) is 35.9. The molecule has 3 rings (SSSR count). The summed E-state index contributed by atoms with van der Waals surface area (Å²) >= 11 is 12.5. The molecule has 0 saturated heterocycles. The number of halogens is 2. The number of carboxylic acids is 1. The van der Waals surface area contributed by atoms with E-state index in [1.807, 2.05) is 0 Å². The van der Waals surface area contributed by atoms with E-state index in [1.54, 1.807) is 44.2 Å². The van der Waals surface area contributed by atoms with E-state index in [-0.39, 0.29) is 35.4 Å². The fourth-order valence-corrected chi connectivity index (χ4v) is 4.25. The van der Waals surface area contributed by atoms with Gasteiger partial charge in [-0.2, -0.15) is 0 Å². The Balaban J connectivity index is 1.92. The highest BCUT2D eigenvalue weighted by molar-refractivity contribution is 6.38. The molecular weight excluding hydrogens is 481 g/mol. The van der Waals surface area contributed by atoms with Gasteiger partial charge in [0.15, 0.2) is 0 Å². The minimum absolute atomic E-state index is 0.00421. The number of primary amides is 1. The summed E-state index contributed by atoms with van der Waals surface area (Å²) in [5.41, 5.74) is 7.71. The molecule has 1 atom stereocenters. The lowest BCUT2D eigenvalue weighted by molar-refractivity contribution is -0.137. The molecule has 34 heavy (non-hydrogen) atoms. The van der Waals surface area contributed by atoms with Crippen LogP contribution < -0.4 is 21.1 Å². The fourth-order valence-electron chi connectivity index (χ4n) is 3.65. The number of fused-ring (bicyclic) bond motifs is 1. The van der Waals surface area contributed by atoms with Crippen LogP contribution in [0.5, 0.6) is 5.75 Å². The number of carbonyl (C=O) groups excluding carboxylic acids is 2. The highest BCUT2D eigenvalue weighted by Gasteiger charge is 2.32. The van der Waals surface area contributed by atoms with Crippen LogP contribution >= 0.6 is 23.2 Å². The first-order chi connectivity index (χ1) is 16.1. The number of nitrogens with two attached hydrogens (primary N) is 1. The van der Waals surface area contributed by atoms with Gasteiger partial charge in [-0.15, -0.1) is 0 Å². The van der Waals surface area contributed by atoms with E-state index < -0.39 is 17.9 Å². The summed E-state index contributed by atoms with van der Waals surface area (Å²) in [6.07, 6.45) is -0.00421. The Kier molecular flexibility index (Phi) is 8.06. The van der Waals surface area contributed by atoms with E-state index in [1.165, 1.54) is 6.07 Å². The lowest BCUT2D eigenvalue weighted by Crippen LogP contribution is -2.33. The standard InChI is InChI=1S/C24H25Cl2N3O5/c1-12(2)23(31)28-7-8-34-15-5-3-13(4-6-15)20(22(27)30)16-11-19(24(32)33)29-18-10-14(25)9-17(26)21(16)18/h3-6,9-10,12,19,29H,7-8,11H2,1-2H3,(H2,27,30)(H,28,31)(H,32,33)/b20-16+. The summed E-state index contributed by atoms with van der Waals surface area (Å²) in [7, 11) is 0. The average molecular weight is 506 g/mol. The smallest absolute Gasteiger partial charge is 0.326 e. The van der Waals surface area contributed by atoms with E-state index in [0.29, 0.717) is 39.7 Å². The van der Waals surface area contributed by atoms with Crippen molar-refractivity contribution in [3.63, 3.8) is 0 Å². The number of hydrogen-bond donors (Lipinski definition) is 4. The van der Waals surface area contributed by atoms with Crippen molar-refractivity contribution in [2.24, 2.45) is 11.7 Å². The zero-order valence-electron chi connectivity index (χ0n) is 18.7. The molecule has 0 fully saturated rings. The Morgan fingerprint density at radius 1 is 1.21 bits per heavy atom. The van der Waals surface area contributed by atoms with E-state index in [9.17, 15) is 19.5 Å². The maximum Gasteiger partial charge on any atom is 0.326 e. The molecule has 0 aliphatic carbocycles. The second-order valence-electron chi connectivity index (χ2n) is 8.09. The van der Waals surface area contributed by atoms with Gasteiger partial charge >= 0.3 is 5.97 Å². The molecule has 0 bridgehead atoms. The molecule has 1 unspecified atom stereocenters. The number of carboxylic acid groups (broad SMARTS) is 1. The molecule has 0 aromatic heterocycles. The van der Waals surface area contributed by atoms with Crippen molar-refractivity contribution in [3.8, 4) is 5.75 Å². The van der Waals surface area contributed by atoms with Gasteiger partial charge in [0.25, 0.3) is 0 Å². The Bertz CT molecular complexity index is 1150. The normalized spacial score (nSPS) is 16.3.